The Kier molecular flexibility index (Phi) is 6.72. The molecule has 102 valence electrons. The number of carbonyl (C=O) groups is 1. The Labute approximate surface area is 104 Å². The molecule has 0 aliphatic heterocycles. The first-order chi connectivity index (χ1) is 7.63. The molecule has 0 radical (unpaired) electrons. The van der Waals surface area contributed by atoms with E-state index in [1.54, 1.807) is 0 Å². The lowest BCUT2D eigenvalue weighted by atomic mass is 9.88. The predicted molar refractivity (Wildman–Crippen MR) is 65.8 cm³/mol. The summed E-state index contributed by atoms with van der Waals surface area (Å²) in [5.41, 5.74) is -0.493. The van der Waals surface area contributed by atoms with E-state index >= 15 is 0 Å². The molecule has 0 aromatic carbocycles. The van der Waals surface area contributed by atoms with Crippen LogP contribution in [0.3, 0.4) is 0 Å². The summed E-state index contributed by atoms with van der Waals surface area (Å²) >= 11 is 0. The van der Waals surface area contributed by atoms with Crippen LogP contribution in [0.25, 0.3) is 0 Å². The lowest BCUT2D eigenvalue weighted by Crippen LogP contribution is -2.25. The predicted octanol–water partition coefficient (Wildman–Crippen LogP) is 3.51. The fourth-order valence-electron chi connectivity index (χ4n) is 1.41. The van der Waals surface area contributed by atoms with E-state index in [4.69, 9.17) is 4.89 Å². The standard InChI is InChI=1S/C13H26O4/c1-9(2)8-10(3)11(4)12(14)15-17-16-13(5,6)7/h9-11H,8H2,1-7H3. The fourth-order valence-corrected chi connectivity index (χ4v) is 1.41. The normalized spacial score (nSPS) is 15.8. The van der Waals surface area contributed by atoms with Crippen LogP contribution in [0.1, 0.15) is 54.9 Å². The second-order valence-corrected chi connectivity index (χ2v) is 6.06. The van der Waals surface area contributed by atoms with E-state index in [9.17, 15) is 4.79 Å². The van der Waals surface area contributed by atoms with Gasteiger partial charge in [-0.15, -0.1) is 0 Å². The molecule has 0 aromatic rings. The summed E-state index contributed by atoms with van der Waals surface area (Å²) in [7, 11) is 0. The summed E-state index contributed by atoms with van der Waals surface area (Å²) in [6.45, 7) is 13.6. The molecule has 0 rings (SSSR count). The lowest BCUT2D eigenvalue weighted by molar-refractivity contribution is -0.515. The largest absolute Gasteiger partial charge is 0.348 e. The summed E-state index contributed by atoms with van der Waals surface area (Å²) in [6, 6.07) is 0. The van der Waals surface area contributed by atoms with E-state index in [1.807, 2.05) is 34.6 Å². The zero-order chi connectivity index (χ0) is 13.6. The summed E-state index contributed by atoms with van der Waals surface area (Å²) in [4.78, 5) is 21.1. The van der Waals surface area contributed by atoms with Gasteiger partial charge in [0.15, 0.2) is 0 Å². The van der Waals surface area contributed by atoms with Gasteiger partial charge in [-0.25, -0.2) is 4.79 Å². The van der Waals surface area contributed by atoms with Crippen LogP contribution in [-0.4, -0.2) is 11.6 Å². The monoisotopic (exact) mass is 246 g/mol. The molecular formula is C13H26O4. The van der Waals surface area contributed by atoms with Crippen molar-refractivity contribution in [2.75, 3.05) is 0 Å². The van der Waals surface area contributed by atoms with Gasteiger partial charge in [0.2, 0.25) is 0 Å². The average Bonchev–Trinajstić information content (AvgIpc) is 2.13. The maximum atomic E-state index is 11.6. The van der Waals surface area contributed by atoms with Gasteiger partial charge in [-0.1, -0.05) is 27.7 Å². The van der Waals surface area contributed by atoms with E-state index in [2.05, 4.69) is 23.8 Å². The minimum absolute atomic E-state index is 0.194. The molecule has 17 heavy (non-hydrogen) atoms. The smallest absolute Gasteiger partial charge is 0.269 e. The molecule has 0 aliphatic carbocycles. The van der Waals surface area contributed by atoms with Crippen molar-refractivity contribution in [2.24, 2.45) is 17.8 Å². The van der Waals surface area contributed by atoms with Crippen LogP contribution in [0.2, 0.25) is 0 Å². The van der Waals surface area contributed by atoms with Gasteiger partial charge in [0.05, 0.1) is 11.5 Å². The van der Waals surface area contributed by atoms with Crippen LogP contribution in [0.4, 0.5) is 0 Å². The average molecular weight is 246 g/mol. The number of hydrogen-bond donors (Lipinski definition) is 0. The maximum Gasteiger partial charge on any atom is 0.348 e. The molecular weight excluding hydrogens is 220 g/mol. The molecule has 4 nitrogen and oxygen atoms in total. The number of hydrogen-bond acceptors (Lipinski definition) is 4. The zero-order valence-corrected chi connectivity index (χ0v) is 12.1. The molecule has 0 spiro atoms. The van der Waals surface area contributed by atoms with E-state index in [-0.39, 0.29) is 17.8 Å². The van der Waals surface area contributed by atoms with Gasteiger partial charge in [0.25, 0.3) is 0 Å². The minimum Gasteiger partial charge on any atom is -0.269 e. The molecule has 0 bridgehead atoms. The summed E-state index contributed by atoms with van der Waals surface area (Å²) in [5, 5.41) is 4.49. The molecule has 0 heterocycles. The van der Waals surface area contributed by atoms with Gasteiger partial charge in [-0.05, 0) is 44.1 Å². The lowest BCUT2D eigenvalue weighted by Gasteiger charge is -2.20. The van der Waals surface area contributed by atoms with Crippen LogP contribution in [0.5, 0.6) is 0 Å². The van der Waals surface area contributed by atoms with Crippen LogP contribution >= 0.6 is 0 Å². The van der Waals surface area contributed by atoms with Crippen molar-refractivity contribution in [1.82, 2.24) is 0 Å². The third-order valence-electron chi connectivity index (χ3n) is 2.47. The highest BCUT2D eigenvalue weighted by molar-refractivity contribution is 5.71. The highest BCUT2D eigenvalue weighted by atomic mass is 17.5. The molecule has 2 atom stereocenters. The van der Waals surface area contributed by atoms with Crippen molar-refractivity contribution in [3.05, 3.63) is 0 Å². The minimum atomic E-state index is -0.493. The molecule has 0 aliphatic rings. The van der Waals surface area contributed by atoms with Crippen LogP contribution in [-0.2, 0) is 19.6 Å². The van der Waals surface area contributed by atoms with Gasteiger partial charge < -0.3 is 0 Å². The Morgan fingerprint density at radius 3 is 2.06 bits per heavy atom. The Morgan fingerprint density at radius 2 is 1.65 bits per heavy atom. The van der Waals surface area contributed by atoms with Crippen LogP contribution < -0.4 is 0 Å². The second kappa shape index (κ2) is 6.97. The van der Waals surface area contributed by atoms with Gasteiger partial charge >= 0.3 is 5.97 Å². The molecule has 2 unspecified atom stereocenters. The molecule has 0 saturated heterocycles. The third-order valence-corrected chi connectivity index (χ3v) is 2.47. The van der Waals surface area contributed by atoms with E-state index in [0.717, 1.165) is 6.42 Å². The Bertz CT molecular complexity index is 230. The van der Waals surface area contributed by atoms with Crippen LogP contribution in [0.15, 0.2) is 0 Å². The van der Waals surface area contributed by atoms with Crippen molar-refractivity contribution < 1.29 is 19.6 Å². The first-order valence-electron chi connectivity index (χ1n) is 6.19. The van der Waals surface area contributed by atoms with Crippen molar-refractivity contribution in [1.29, 1.82) is 0 Å². The van der Waals surface area contributed by atoms with Gasteiger partial charge in [0, 0.05) is 0 Å². The summed E-state index contributed by atoms with van der Waals surface area (Å²) in [6.07, 6.45) is 0.983. The van der Waals surface area contributed by atoms with Crippen molar-refractivity contribution in [2.45, 2.75) is 60.5 Å². The summed E-state index contributed by atoms with van der Waals surface area (Å²) in [5.74, 6) is 0.246. The van der Waals surface area contributed by atoms with E-state index in [1.165, 1.54) is 0 Å². The van der Waals surface area contributed by atoms with Gasteiger partial charge in [0.1, 0.15) is 0 Å². The molecule has 0 amide bonds. The first kappa shape index (κ1) is 16.4. The third kappa shape index (κ3) is 8.16. The van der Waals surface area contributed by atoms with Crippen molar-refractivity contribution >= 4 is 5.97 Å². The quantitative estimate of drug-likeness (QED) is 0.531. The highest BCUT2D eigenvalue weighted by Crippen LogP contribution is 2.21. The molecule has 0 N–H and O–H groups in total. The molecule has 0 saturated carbocycles. The SMILES string of the molecule is CC(C)CC(C)C(C)C(=O)OOOC(C)(C)C. The topological polar surface area (TPSA) is 44.8 Å². The van der Waals surface area contributed by atoms with Crippen molar-refractivity contribution in [3.8, 4) is 0 Å². The molecule has 0 aromatic heterocycles. The Balaban J connectivity index is 3.97. The zero-order valence-electron chi connectivity index (χ0n) is 12.1. The van der Waals surface area contributed by atoms with Crippen molar-refractivity contribution in [3.63, 3.8) is 0 Å². The number of rotatable bonds is 6. The first-order valence-corrected chi connectivity index (χ1v) is 6.19. The summed E-state index contributed by atoms with van der Waals surface area (Å²) < 4.78 is 0. The van der Waals surface area contributed by atoms with Crippen LogP contribution in [0, 0.1) is 17.8 Å². The Morgan fingerprint density at radius 1 is 1.12 bits per heavy atom. The maximum absolute atomic E-state index is 11.6. The van der Waals surface area contributed by atoms with E-state index in [0.29, 0.717) is 5.92 Å². The molecule has 4 heteroatoms. The Hall–Kier alpha value is -0.610. The fraction of sp³-hybridized carbons (Fsp3) is 0.923. The molecule has 0 fully saturated rings. The second-order valence-electron chi connectivity index (χ2n) is 6.06. The highest BCUT2D eigenvalue weighted by Gasteiger charge is 2.24. The van der Waals surface area contributed by atoms with Gasteiger partial charge in [-0.3, -0.25) is 4.89 Å². The number of carbonyl (C=O) groups excluding carboxylic acids is 1. The van der Waals surface area contributed by atoms with E-state index < -0.39 is 5.60 Å². The van der Waals surface area contributed by atoms with Gasteiger partial charge in [-0.2, -0.15) is 4.89 Å².